The van der Waals surface area contributed by atoms with Crippen LogP contribution in [0.3, 0.4) is 0 Å². The van der Waals surface area contributed by atoms with Gasteiger partial charge in [0.15, 0.2) is 0 Å². The van der Waals surface area contributed by atoms with E-state index in [1.165, 1.54) is 6.07 Å². The standard InChI is InChI=1S/C12H11FN4/c1-8-10(13)4-9(6-14)5-11(8)17-7-12-15-2-3-16-12/h2-5,17H,7H2,1H3,(H,15,16). The van der Waals surface area contributed by atoms with Crippen LogP contribution in [0.25, 0.3) is 0 Å². The lowest BCUT2D eigenvalue weighted by Crippen LogP contribution is -2.04. The maximum absolute atomic E-state index is 13.5. The maximum Gasteiger partial charge on any atom is 0.129 e. The molecule has 4 nitrogen and oxygen atoms in total. The minimum atomic E-state index is -0.383. The lowest BCUT2D eigenvalue weighted by molar-refractivity contribution is 0.618. The van der Waals surface area contributed by atoms with Gasteiger partial charge in [-0.15, -0.1) is 0 Å². The van der Waals surface area contributed by atoms with Crippen molar-refractivity contribution in [3.63, 3.8) is 0 Å². The van der Waals surface area contributed by atoms with Crippen LogP contribution in [0.15, 0.2) is 24.5 Å². The van der Waals surface area contributed by atoms with E-state index in [0.29, 0.717) is 23.4 Å². The Hall–Kier alpha value is -2.35. The molecule has 2 rings (SSSR count). The smallest absolute Gasteiger partial charge is 0.129 e. The fourth-order valence-electron chi connectivity index (χ4n) is 1.50. The van der Waals surface area contributed by atoms with E-state index < -0.39 is 0 Å². The summed E-state index contributed by atoms with van der Waals surface area (Å²) < 4.78 is 13.5. The summed E-state index contributed by atoms with van der Waals surface area (Å²) in [6, 6.07) is 4.78. The predicted molar refractivity (Wildman–Crippen MR) is 61.8 cm³/mol. The second-order valence-corrected chi connectivity index (χ2v) is 3.63. The highest BCUT2D eigenvalue weighted by Crippen LogP contribution is 2.20. The summed E-state index contributed by atoms with van der Waals surface area (Å²) in [5.74, 6) is 0.373. The van der Waals surface area contributed by atoms with Crippen molar-refractivity contribution < 1.29 is 4.39 Å². The second-order valence-electron chi connectivity index (χ2n) is 3.63. The largest absolute Gasteiger partial charge is 0.377 e. The Morgan fingerprint density at radius 3 is 3.00 bits per heavy atom. The van der Waals surface area contributed by atoms with E-state index in [2.05, 4.69) is 15.3 Å². The zero-order valence-corrected chi connectivity index (χ0v) is 9.29. The van der Waals surface area contributed by atoms with Crippen molar-refractivity contribution in [1.29, 1.82) is 5.26 Å². The molecule has 1 heterocycles. The fourth-order valence-corrected chi connectivity index (χ4v) is 1.50. The molecule has 0 fully saturated rings. The molecule has 0 spiro atoms. The minimum absolute atomic E-state index is 0.301. The number of aromatic amines is 1. The van der Waals surface area contributed by atoms with Gasteiger partial charge in [-0.25, -0.2) is 9.37 Å². The SMILES string of the molecule is Cc1c(F)cc(C#N)cc1NCc1ncc[nH]1. The van der Waals surface area contributed by atoms with Gasteiger partial charge in [0.25, 0.3) is 0 Å². The monoisotopic (exact) mass is 230 g/mol. The first-order chi connectivity index (χ1) is 8.20. The maximum atomic E-state index is 13.5. The van der Waals surface area contributed by atoms with Crippen LogP contribution in [0, 0.1) is 24.1 Å². The molecule has 0 aliphatic rings. The van der Waals surface area contributed by atoms with Gasteiger partial charge in [-0.3, -0.25) is 0 Å². The number of anilines is 1. The summed E-state index contributed by atoms with van der Waals surface area (Å²) in [7, 11) is 0. The van der Waals surface area contributed by atoms with E-state index in [0.717, 1.165) is 5.82 Å². The number of H-pyrrole nitrogens is 1. The first kappa shape index (κ1) is 11.1. The van der Waals surface area contributed by atoms with Crippen LogP contribution in [0.5, 0.6) is 0 Å². The molecule has 0 saturated carbocycles. The van der Waals surface area contributed by atoms with Gasteiger partial charge < -0.3 is 10.3 Å². The number of halogens is 1. The average Bonchev–Trinajstić information content (AvgIpc) is 2.84. The summed E-state index contributed by atoms with van der Waals surface area (Å²) in [4.78, 5) is 6.99. The lowest BCUT2D eigenvalue weighted by Gasteiger charge is -2.09. The van der Waals surface area contributed by atoms with Crippen molar-refractivity contribution in [2.45, 2.75) is 13.5 Å². The lowest BCUT2D eigenvalue weighted by atomic mass is 10.1. The number of nitrogens with one attached hydrogen (secondary N) is 2. The molecule has 17 heavy (non-hydrogen) atoms. The molecule has 5 heteroatoms. The highest BCUT2D eigenvalue weighted by atomic mass is 19.1. The van der Waals surface area contributed by atoms with Crippen molar-refractivity contribution >= 4 is 5.69 Å². The van der Waals surface area contributed by atoms with Gasteiger partial charge in [0.05, 0.1) is 18.2 Å². The topological polar surface area (TPSA) is 64.5 Å². The van der Waals surface area contributed by atoms with Gasteiger partial charge in [0.1, 0.15) is 11.6 Å². The minimum Gasteiger partial charge on any atom is -0.377 e. The van der Waals surface area contributed by atoms with E-state index in [1.54, 1.807) is 25.4 Å². The third kappa shape index (κ3) is 2.42. The van der Waals surface area contributed by atoms with Gasteiger partial charge in [-0.05, 0) is 19.1 Å². The number of aromatic nitrogens is 2. The number of hydrogen-bond donors (Lipinski definition) is 2. The normalized spacial score (nSPS) is 9.94. The molecule has 2 N–H and O–H groups in total. The van der Waals surface area contributed by atoms with Crippen LogP contribution in [0.2, 0.25) is 0 Å². The average molecular weight is 230 g/mol. The molecule has 0 aliphatic carbocycles. The zero-order chi connectivity index (χ0) is 12.3. The van der Waals surface area contributed by atoms with Crippen molar-refractivity contribution in [2.24, 2.45) is 0 Å². The Bertz CT molecular complexity index is 555. The van der Waals surface area contributed by atoms with Gasteiger partial charge >= 0.3 is 0 Å². The van der Waals surface area contributed by atoms with Crippen molar-refractivity contribution in [3.05, 3.63) is 47.3 Å². The van der Waals surface area contributed by atoms with Gasteiger partial charge in [0.2, 0.25) is 0 Å². The van der Waals surface area contributed by atoms with Gasteiger partial charge in [-0.2, -0.15) is 5.26 Å². The number of rotatable bonds is 3. The van der Waals surface area contributed by atoms with Crippen LogP contribution in [-0.2, 0) is 6.54 Å². The quantitative estimate of drug-likeness (QED) is 0.850. The Balaban J connectivity index is 2.20. The predicted octanol–water partition coefficient (Wildman–Crippen LogP) is 2.34. The number of benzene rings is 1. The van der Waals surface area contributed by atoms with Crippen molar-refractivity contribution in [3.8, 4) is 6.07 Å². The molecule has 1 aromatic heterocycles. The molecule has 0 unspecified atom stereocenters. The van der Waals surface area contributed by atoms with E-state index in [1.807, 2.05) is 6.07 Å². The molecule has 86 valence electrons. The van der Waals surface area contributed by atoms with E-state index in [9.17, 15) is 4.39 Å². The highest BCUT2D eigenvalue weighted by molar-refractivity contribution is 5.55. The summed E-state index contributed by atoms with van der Waals surface area (Å²) >= 11 is 0. The van der Waals surface area contributed by atoms with Gasteiger partial charge in [-0.1, -0.05) is 0 Å². The summed E-state index contributed by atoms with van der Waals surface area (Å²) in [6.45, 7) is 2.13. The van der Waals surface area contributed by atoms with Crippen molar-refractivity contribution in [2.75, 3.05) is 5.32 Å². The number of nitrogens with zero attached hydrogens (tertiary/aromatic N) is 2. The summed E-state index contributed by atoms with van der Waals surface area (Å²) in [5, 5.41) is 11.8. The third-order valence-electron chi connectivity index (χ3n) is 2.47. The molecule has 0 bridgehead atoms. The molecule has 1 aromatic carbocycles. The molecular formula is C12H11FN4. The van der Waals surface area contributed by atoms with Gasteiger partial charge in [0, 0.05) is 23.6 Å². The second kappa shape index (κ2) is 4.66. The zero-order valence-electron chi connectivity index (χ0n) is 9.29. The van der Waals surface area contributed by atoms with Crippen LogP contribution >= 0.6 is 0 Å². The van der Waals surface area contributed by atoms with Crippen LogP contribution in [0.4, 0.5) is 10.1 Å². The molecule has 0 aliphatic heterocycles. The Kier molecular flexibility index (Phi) is 3.06. The Morgan fingerprint density at radius 1 is 1.53 bits per heavy atom. The molecule has 0 saturated heterocycles. The molecular weight excluding hydrogens is 219 g/mol. The third-order valence-corrected chi connectivity index (χ3v) is 2.47. The van der Waals surface area contributed by atoms with Crippen LogP contribution < -0.4 is 5.32 Å². The van der Waals surface area contributed by atoms with Crippen LogP contribution in [-0.4, -0.2) is 9.97 Å². The molecule has 0 amide bonds. The summed E-state index contributed by atoms with van der Waals surface area (Å²) in [6.07, 6.45) is 3.37. The molecule has 0 atom stereocenters. The molecule has 0 radical (unpaired) electrons. The first-order valence-electron chi connectivity index (χ1n) is 5.13. The number of nitriles is 1. The van der Waals surface area contributed by atoms with E-state index >= 15 is 0 Å². The van der Waals surface area contributed by atoms with Crippen LogP contribution in [0.1, 0.15) is 17.0 Å². The van der Waals surface area contributed by atoms with Crippen molar-refractivity contribution in [1.82, 2.24) is 9.97 Å². The number of hydrogen-bond acceptors (Lipinski definition) is 3. The summed E-state index contributed by atoms with van der Waals surface area (Å²) in [5.41, 5.74) is 1.41. The van der Waals surface area contributed by atoms with E-state index in [4.69, 9.17) is 5.26 Å². The molecule has 2 aromatic rings. The number of imidazole rings is 1. The Labute approximate surface area is 98.1 Å². The fraction of sp³-hybridized carbons (Fsp3) is 0.167. The highest BCUT2D eigenvalue weighted by Gasteiger charge is 2.07. The van der Waals surface area contributed by atoms with E-state index in [-0.39, 0.29) is 5.82 Å². The Morgan fingerprint density at radius 2 is 2.35 bits per heavy atom. The first-order valence-corrected chi connectivity index (χ1v) is 5.13.